The lowest BCUT2D eigenvalue weighted by Crippen LogP contribution is -2.10. The Morgan fingerprint density at radius 3 is 2.65 bits per heavy atom. The first-order valence-electron chi connectivity index (χ1n) is 5.27. The van der Waals surface area contributed by atoms with Gasteiger partial charge in [0.15, 0.2) is 0 Å². The zero-order valence-electron chi connectivity index (χ0n) is 10.1. The second-order valence-corrected chi connectivity index (χ2v) is 3.73. The molecule has 0 saturated heterocycles. The van der Waals surface area contributed by atoms with Crippen molar-refractivity contribution in [3.05, 3.63) is 70.4 Å². The minimum atomic E-state index is 0.484. The lowest BCUT2D eigenvalue weighted by Gasteiger charge is -2.29. The molecule has 0 heterocycles. The quantitative estimate of drug-likeness (QED) is 0.552. The Balaban J connectivity index is 2.80. The van der Waals surface area contributed by atoms with Gasteiger partial charge < -0.3 is 20.5 Å². The van der Waals surface area contributed by atoms with E-state index in [-0.39, 0.29) is 0 Å². The molecule has 0 atom stereocenters. The number of allylic oxidation sites excluding steroid dienone is 7. The average Bonchev–Trinajstić information content (AvgIpc) is 2.29. The Hall–Kier alpha value is -1.78. The Labute approximate surface area is 102 Å². The highest BCUT2D eigenvalue weighted by atomic mass is 16.5. The molecule has 4 nitrogen and oxygen atoms in total. The van der Waals surface area contributed by atoms with Crippen molar-refractivity contribution in [1.29, 1.82) is 0 Å². The van der Waals surface area contributed by atoms with Gasteiger partial charge in [-0.1, -0.05) is 24.8 Å². The molecule has 0 radical (unpaired) electrons. The van der Waals surface area contributed by atoms with Crippen LogP contribution < -0.4 is 0 Å². The number of hydrogen-bond donors (Lipinski definition) is 0. The third kappa shape index (κ3) is 3.94. The predicted octanol–water partition coefficient (Wildman–Crippen LogP) is 2.69. The Bertz CT molecular complexity index is 402. The molecule has 1 aliphatic carbocycles. The van der Waals surface area contributed by atoms with Crippen molar-refractivity contribution < 1.29 is 0 Å². The van der Waals surface area contributed by atoms with Crippen LogP contribution >= 0.6 is 0 Å². The fraction of sp³-hybridized carbons (Fsp3) is 0.231. The molecule has 1 rings (SSSR count). The molecule has 0 aliphatic heterocycles. The number of hydroxylamine groups is 4. The van der Waals surface area contributed by atoms with E-state index in [9.17, 15) is 10.4 Å². The Morgan fingerprint density at radius 2 is 2.12 bits per heavy atom. The molecule has 0 aromatic heterocycles. The van der Waals surface area contributed by atoms with Crippen molar-refractivity contribution in [2.75, 3.05) is 14.1 Å². The van der Waals surface area contributed by atoms with Crippen molar-refractivity contribution in [3.8, 4) is 0 Å². The minimum Gasteiger partial charge on any atom is -0.759 e. The van der Waals surface area contributed by atoms with Crippen molar-refractivity contribution >= 4 is 0 Å². The summed E-state index contributed by atoms with van der Waals surface area (Å²) in [5, 5.41) is 23.8. The van der Waals surface area contributed by atoms with Crippen molar-refractivity contribution in [2.24, 2.45) is 0 Å². The summed E-state index contributed by atoms with van der Waals surface area (Å²) in [6.45, 7) is 3.56. The van der Waals surface area contributed by atoms with E-state index in [1.54, 1.807) is 12.2 Å². The highest BCUT2D eigenvalue weighted by molar-refractivity contribution is 5.37. The van der Waals surface area contributed by atoms with Gasteiger partial charge in [0.2, 0.25) is 0 Å². The normalized spacial score (nSPS) is 18.0. The van der Waals surface area contributed by atoms with E-state index in [1.165, 1.54) is 20.2 Å². The standard InChI is InChI=1S/C13H16N2O2/c1-4-12(14(2)16)9-8-11-6-5-7-13(10-11)15(3)17/h4-9H,1,10H2,2-3H3/q-2/b11-8+,12-9+. The van der Waals surface area contributed by atoms with Crippen molar-refractivity contribution in [2.45, 2.75) is 6.42 Å². The third-order valence-electron chi connectivity index (χ3n) is 2.43. The monoisotopic (exact) mass is 232 g/mol. The van der Waals surface area contributed by atoms with Crippen LogP contribution in [0, 0.1) is 10.4 Å². The molecule has 0 spiro atoms. The van der Waals surface area contributed by atoms with E-state index < -0.39 is 0 Å². The molecule has 92 valence electrons. The maximum atomic E-state index is 11.1. The summed E-state index contributed by atoms with van der Waals surface area (Å²) in [5.41, 5.74) is 2.16. The minimum absolute atomic E-state index is 0.484. The number of likely N-dealkylation sites (N-methyl/N-ethyl adjacent to an activating group) is 1. The molecular weight excluding hydrogens is 216 g/mol. The van der Waals surface area contributed by atoms with Gasteiger partial charge in [0.25, 0.3) is 0 Å². The fourth-order valence-corrected chi connectivity index (χ4v) is 1.43. The molecule has 0 aromatic rings. The topological polar surface area (TPSA) is 52.6 Å². The summed E-state index contributed by atoms with van der Waals surface area (Å²) in [5.74, 6) is 0. The van der Waals surface area contributed by atoms with Crippen LogP contribution in [-0.4, -0.2) is 24.2 Å². The molecule has 0 saturated carbocycles. The first kappa shape index (κ1) is 13.3. The second kappa shape index (κ2) is 6.08. The van der Waals surface area contributed by atoms with Gasteiger partial charge in [0.05, 0.1) is 0 Å². The first-order chi connectivity index (χ1) is 8.04. The molecular formula is C13H16N2O2-2. The van der Waals surface area contributed by atoms with Crippen LogP contribution in [0.3, 0.4) is 0 Å². The van der Waals surface area contributed by atoms with Crippen LogP contribution in [0.4, 0.5) is 0 Å². The third-order valence-corrected chi connectivity index (χ3v) is 2.43. The van der Waals surface area contributed by atoms with Crippen LogP contribution in [0.5, 0.6) is 0 Å². The summed E-state index contributed by atoms with van der Waals surface area (Å²) >= 11 is 0. The van der Waals surface area contributed by atoms with Gasteiger partial charge in [-0.15, -0.1) is 0 Å². The van der Waals surface area contributed by atoms with Gasteiger partial charge in [0.1, 0.15) is 0 Å². The van der Waals surface area contributed by atoms with E-state index >= 15 is 0 Å². The lowest BCUT2D eigenvalue weighted by molar-refractivity contribution is 0.554. The Kier molecular flexibility index (Phi) is 4.75. The molecule has 0 N–H and O–H groups in total. The molecule has 1 aliphatic rings. The molecule has 0 bridgehead atoms. The highest BCUT2D eigenvalue weighted by Gasteiger charge is 2.02. The molecule has 0 aromatic carbocycles. The smallest absolute Gasteiger partial charge is 0.0251 e. The maximum absolute atomic E-state index is 11.1. The van der Waals surface area contributed by atoms with Crippen LogP contribution in [0.15, 0.2) is 60.0 Å². The summed E-state index contributed by atoms with van der Waals surface area (Å²) in [6.07, 6.45) is 11.1. The van der Waals surface area contributed by atoms with Crippen molar-refractivity contribution in [3.63, 3.8) is 0 Å². The average molecular weight is 232 g/mol. The summed E-state index contributed by atoms with van der Waals surface area (Å²) in [4.78, 5) is 0. The van der Waals surface area contributed by atoms with Gasteiger partial charge in [-0.05, 0) is 37.9 Å². The van der Waals surface area contributed by atoms with Gasteiger partial charge >= 0.3 is 0 Å². The summed E-state index contributed by atoms with van der Waals surface area (Å²) in [6, 6.07) is 0. The van der Waals surface area contributed by atoms with Crippen LogP contribution in [0.2, 0.25) is 0 Å². The zero-order chi connectivity index (χ0) is 12.8. The molecule has 4 heteroatoms. The van der Waals surface area contributed by atoms with Crippen molar-refractivity contribution in [1.82, 2.24) is 10.1 Å². The first-order valence-corrected chi connectivity index (χ1v) is 5.27. The van der Waals surface area contributed by atoms with E-state index in [2.05, 4.69) is 6.58 Å². The SMILES string of the molecule is C=C/C(=C\C=C1/C=CC=C(N(C)[O-])C1)N(C)[O-]. The molecule has 17 heavy (non-hydrogen) atoms. The van der Waals surface area contributed by atoms with Crippen LogP contribution in [-0.2, 0) is 0 Å². The maximum Gasteiger partial charge on any atom is 0.0251 e. The number of nitrogens with zero attached hydrogens (tertiary/aromatic N) is 2. The van der Waals surface area contributed by atoms with Gasteiger partial charge in [-0.25, -0.2) is 0 Å². The molecule has 0 amide bonds. The summed E-state index contributed by atoms with van der Waals surface area (Å²) in [7, 11) is 2.89. The molecule has 0 fully saturated rings. The second-order valence-electron chi connectivity index (χ2n) is 3.73. The fourth-order valence-electron chi connectivity index (χ4n) is 1.43. The van der Waals surface area contributed by atoms with Gasteiger partial charge in [0, 0.05) is 17.8 Å². The zero-order valence-corrected chi connectivity index (χ0v) is 10.1. The van der Waals surface area contributed by atoms with Crippen LogP contribution in [0.25, 0.3) is 0 Å². The summed E-state index contributed by atoms with van der Waals surface area (Å²) < 4.78 is 0. The van der Waals surface area contributed by atoms with Crippen LogP contribution in [0.1, 0.15) is 6.42 Å². The predicted molar refractivity (Wildman–Crippen MR) is 70.5 cm³/mol. The largest absolute Gasteiger partial charge is 0.759 e. The van der Waals surface area contributed by atoms with Gasteiger partial charge in [-0.3, -0.25) is 0 Å². The van der Waals surface area contributed by atoms with E-state index in [0.717, 1.165) is 15.7 Å². The van der Waals surface area contributed by atoms with E-state index in [1.807, 2.05) is 18.2 Å². The number of rotatable bonds is 4. The van der Waals surface area contributed by atoms with E-state index in [0.29, 0.717) is 17.8 Å². The molecule has 0 unspecified atom stereocenters. The lowest BCUT2D eigenvalue weighted by atomic mass is 10.0. The number of hydrogen-bond acceptors (Lipinski definition) is 4. The highest BCUT2D eigenvalue weighted by Crippen LogP contribution is 2.19. The van der Waals surface area contributed by atoms with Gasteiger partial charge in [-0.2, -0.15) is 0 Å². The Morgan fingerprint density at radius 1 is 1.41 bits per heavy atom. The van der Waals surface area contributed by atoms with E-state index in [4.69, 9.17) is 0 Å².